The Morgan fingerprint density at radius 1 is 0.938 bits per heavy atom. The molecule has 0 saturated carbocycles. The monoisotopic (exact) mass is 705 g/mol. The van der Waals surface area contributed by atoms with E-state index in [1.54, 1.807) is 49.4 Å². The second kappa shape index (κ2) is 15.8. The number of amides is 1. The van der Waals surface area contributed by atoms with Gasteiger partial charge in [0.25, 0.3) is 10.0 Å². The number of alkyl carbamates (subject to hydrolysis) is 1. The van der Waals surface area contributed by atoms with Crippen molar-refractivity contribution >= 4 is 39.2 Å². The molecule has 48 heavy (non-hydrogen) atoms. The van der Waals surface area contributed by atoms with Gasteiger partial charge in [-0.2, -0.15) is 0 Å². The highest BCUT2D eigenvalue weighted by molar-refractivity contribution is 7.92. The van der Waals surface area contributed by atoms with Crippen LogP contribution in [0.1, 0.15) is 24.2 Å². The first kappa shape index (κ1) is 36.0. The van der Waals surface area contributed by atoms with Crippen molar-refractivity contribution < 1.29 is 40.9 Å². The number of pyridine rings is 1. The summed E-state index contributed by atoms with van der Waals surface area (Å²) in [6, 6.07) is 15.7. The number of nitrogens with zero attached hydrogens (tertiary/aromatic N) is 2. The summed E-state index contributed by atoms with van der Waals surface area (Å²) in [6.07, 6.45) is -1.26. The lowest BCUT2D eigenvalue weighted by atomic mass is 10.1. The highest BCUT2D eigenvalue weighted by Gasteiger charge is 2.31. The van der Waals surface area contributed by atoms with Crippen LogP contribution >= 0.6 is 11.6 Å². The Kier molecular flexibility index (Phi) is 11.9. The summed E-state index contributed by atoms with van der Waals surface area (Å²) in [6.45, 7) is 1.29. The third-order valence-electron chi connectivity index (χ3n) is 7.05. The lowest BCUT2D eigenvalue weighted by Gasteiger charge is -2.27. The van der Waals surface area contributed by atoms with Crippen LogP contribution in [0.5, 0.6) is 17.2 Å². The van der Waals surface area contributed by atoms with Crippen molar-refractivity contribution in [3.05, 3.63) is 101 Å². The minimum absolute atomic E-state index is 0.0370. The van der Waals surface area contributed by atoms with Crippen molar-refractivity contribution in [3.8, 4) is 17.2 Å². The van der Waals surface area contributed by atoms with Crippen LogP contribution in [0.25, 0.3) is 0 Å². The van der Waals surface area contributed by atoms with E-state index in [4.69, 9.17) is 25.8 Å². The number of halogens is 3. The van der Waals surface area contributed by atoms with E-state index >= 15 is 4.39 Å². The van der Waals surface area contributed by atoms with E-state index in [2.05, 4.69) is 25.7 Å². The maximum absolute atomic E-state index is 15.9. The van der Waals surface area contributed by atoms with E-state index in [0.717, 1.165) is 34.8 Å². The van der Waals surface area contributed by atoms with Crippen molar-refractivity contribution in [3.63, 3.8) is 0 Å². The molecular formula is C32H34ClF2N5O7S. The summed E-state index contributed by atoms with van der Waals surface area (Å²) in [7, 11) is 0.892. The third kappa shape index (κ3) is 8.53. The largest absolute Gasteiger partial charge is 0.497 e. The summed E-state index contributed by atoms with van der Waals surface area (Å²) in [5, 5.41) is 8.65. The first-order chi connectivity index (χ1) is 22.9. The first-order valence-corrected chi connectivity index (χ1v) is 16.1. The molecule has 1 amide bonds. The van der Waals surface area contributed by atoms with Gasteiger partial charge in [0.15, 0.2) is 0 Å². The van der Waals surface area contributed by atoms with Crippen LogP contribution in [0.15, 0.2) is 77.8 Å². The Morgan fingerprint density at radius 2 is 1.62 bits per heavy atom. The number of benzene rings is 3. The average molecular weight is 706 g/mol. The molecule has 0 radical (unpaired) electrons. The molecular weight excluding hydrogens is 672 g/mol. The van der Waals surface area contributed by atoms with Gasteiger partial charge in [0.2, 0.25) is 0 Å². The number of aromatic nitrogens is 1. The fourth-order valence-corrected chi connectivity index (χ4v) is 6.35. The molecule has 1 heterocycles. The van der Waals surface area contributed by atoms with Crippen LogP contribution in [0.3, 0.4) is 0 Å². The standard InChI is InChI=1S/C32H34ClF2N5O7S/c1-19(38-32(41)47-5)37-31(20-6-10-23(44-2)11-7-20)39-27-16-26(35)29(15-25(27)33)48(42,43)40(30-13-9-22(34)17-36-30)18-21-8-12-24(45-3)14-28(21)46-4/h6-17,19,31,37,39H,18H2,1-5H3,(H,38,41). The minimum atomic E-state index is -4.72. The van der Waals surface area contributed by atoms with Gasteiger partial charge >= 0.3 is 6.09 Å². The van der Waals surface area contributed by atoms with Gasteiger partial charge in [0.1, 0.15) is 45.8 Å². The minimum Gasteiger partial charge on any atom is -0.497 e. The Bertz CT molecular complexity index is 1830. The zero-order valence-electron chi connectivity index (χ0n) is 26.6. The van der Waals surface area contributed by atoms with E-state index in [9.17, 15) is 17.6 Å². The molecule has 3 N–H and O–H groups in total. The molecule has 256 valence electrons. The Balaban J connectivity index is 1.73. The fraction of sp³-hybridized carbons (Fsp3) is 0.250. The van der Waals surface area contributed by atoms with Gasteiger partial charge in [-0.15, -0.1) is 0 Å². The highest BCUT2D eigenvalue weighted by Crippen LogP contribution is 2.35. The van der Waals surface area contributed by atoms with Crippen molar-refractivity contribution in [1.29, 1.82) is 0 Å². The maximum Gasteiger partial charge on any atom is 0.408 e. The van der Waals surface area contributed by atoms with Gasteiger partial charge in [-0.3, -0.25) is 5.32 Å². The fourth-order valence-electron chi connectivity index (χ4n) is 4.60. The molecule has 2 atom stereocenters. The highest BCUT2D eigenvalue weighted by atomic mass is 35.5. The molecule has 2 unspecified atom stereocenters. The summed E-state index contributed by atoms with van der Waals surface area (Å²) >= 11 is 6.59. The van der Waals surface area contributed by atoms with E-state index in [1.165, 1.54) is 28.4 Å². The maximum atomic E-state index is 15.9. The summed E-state index contributed by atoms with van der Waals surface area (Å²) in [5.41, 5.74) is 1.07. The second-order valence-electron chi connectivity index (χ2n) is 10.2. The number of hydrogen-bond acceptors (Lipinski definition) is 10. The Morgan fingerprint density at radius 3 is 2.23 bits per heavy atom. The van der Waals surface area contributed by atoms with Crippen LogP contribution < -0.4 is 34.5 Å². The summed E-state index contributed by atoms with van der Waals surface area (Å²) in [4.78, 5) is 15.0. The number of carbonyl (C=O) groups excluding carboxylic acids is 1. The molecule has 12 nitrogen and oxygen atoms in total. The number of methoxy groups -OCH3 is 4. The van der Waals surface area contributed by atoms with Crippen LogP contribution in [0, 0.1) is 11.6 Å². The molecule has 3 aromatic carbocycles. The van der Waals surface area contributed by atoms with E-state index in [0.29, 0.717) is 28.4 Å². The zero-order valence-corrected chi connectivity index (χ0v) is 28.2. The number of hydrogen-bond donors (Lipinski definition) is 3. The van der Waals surface area contributed by atoms with Gasteiger partial charge in [-0.25, -0.2) is 31.3 Å². The van der Waals surface area contributed by atoms with Crippen molar-refractivity contribution in [2.45, 2.75) is 30.7 Å². The summed E-state index contributed by atoms with van der Waals surface area (Å²) < 4.78 is 79.4. The molecule has 0 spiro atoms. The van der Waals surface area contributed by atoms with Crippen molar-refractivity contribution in [2.24, 2.45) is 0 Å². The third-order valence-corrected chi connectivity index (χ3v) is 9.13. The molecule has 4 rings (SSSR count). The normalized spacial score (nSPS) is 12.4. The molecule has 0 bridgehead atoms. The molecule has 16 heteroatoms. The lowest BCUT2D eigenvalue weighted by molar-refractivity contribution is 0.164. The zero-order chi connectivity index (χ0) is 35.0. The van der Waals surface area contributed by atoms with Gasteiger partial charge in [-0.05, 0) is 61.0 Å². The predicted octanol–water partition coefficient (Wildman–Crippen LogP) is 5.84. The predicted molar refractivity (Wildman–Crippen MR) is 176 cm³/mol. The van der Waals surface area contributed by atoms with E-state index in [-0.39, 0.29) is 23.1 Å². The molecule has 0 fully saturated rings. The first-order valence-electron chi connectivity index (χ1n) is 14.2. The molecule has 1 aromatic heterocycles. The smallest absolute Gasteiger partial charge is 0.408 e. The van der Waals surface area contributed by atoms with Crippen molar-refractivity contribution in [2.75, 3.05) is 38.1 Å². The SMILES string of the molecule is COC(=O)NC(C)NC(Nc1cc(F)c(S(=O)(=O)N(Cc2ccc(OC)cc2OC)c2ccc(F)cn2)cc1Cl)c1ccc(OC)cc1. The number of nitrogens with one attached hydrogen (secondary N) is 3. The van der Waals surface area contributed by atoms with E-state index < -0.39 is 45.0 Å². The van der Waals surface area contributed by atoms with E-state index in [1.807, 2.05) is 0 Å². The van der Waals surface area contributed by atoms with Gasteiger partial charge < -0.3 is 29.6 Å². The van der Waals surface area contributed by atoms with Crippen LogP contribution in [-0.4, -0.2) is 54.1 Å². The number of sulfonamides is 1. The number of anilines is 2. The van der Waals surface area contributed by atoms with Gasteiger partial charge in [-0.1, -0.05) is 23.7 Å². The average Bonchev–Trinajstić information content (AvgIpc) is 3.08. The second-order valence-corrected chi connectivity index (χ2v) is 12.4. The number of carbonyl (C=O) groups is 1. The van der Waals surface area contributed by atoms with Crippen LogP contribution in [-0.2, 0) is 21.3 Å². The lowest BCUT2D eigenvalue weighted by Crippen LogP contribution is -2.46. The van der Waals surface area contributed by atoms with Gasteiger partial charge in [0.05, 0.1) is 58.1 Å². The quantitative estimate of drug-likeness (QED) is 0.137. The Hall–Kier alpha value is -4.86. The molecule has 0 saturated heterocycles. The molecule has 4 aromatic rings. The molecule has 0 aliphatic carbocycles. The Labute approximate surface area is 282 Å². The van der Waals surface area contributed by atoms with Crippen LogP contribution in [0.2, 0.25) is 5.02 Å². The molecule has 0 aliphatic rings. The van der Waals surface area contributed by atoms with Crippen LogP contribution in [0.4, 0.5) is 25.1 Å². The van der Waals surface area contributed by atoms with Crippen molar-refractivity contribution in [1.82, 2.24) is 15.6 Å². The molecule has 0 aliphatic heterocycles. The number of ether oxygens (including phenoxy) is 4. The topological polar surface area (TPSA) is 140 Å². The van der Waals surface area contributed by atoms with Gasteiger partial charge in [0, 0.05) is 11.6 Å². The summed E-state index contributed by atoms with van der Waals surface area (Å²) in [5.74, 6) is -0.664. The number of rotatable bonds is 14.